The predicted molar refractivity (Wildman–Crippen MR) is 69.4 cm³/mol. The molecular weight excluding hydrogens is 299 g/mol. The van der Waals surface area contributed by atoms with Crippen LogP contribution in [0.1, 0.15) is 36.9 Å². The zero-order valence-electron chi connectivity index (χ0n) is 11.8. The molecular formula is C15H14F3NO3. The van der Waals surface area contributed by atoms with E-state index < -0.39 is 40.8 Å². The van der Waals surface area contributed by atoms with Crippen molar-refractivity contribution in [2.75, 3.05) is 0 Å². The van der Waals surface area contributed by atoms with Crippen LogP contribution in [0.3, 0.4) is 0 Å². The lowest BCUT2D eigenvalue weighted by atomic mass is 10.0. The molecule has 7 heteroatoms. The molecule has 2 N–H and O–H groups in total. The molecule has 0 heterocycles. The largest absolute Gasteiger partial charge is 0.480 e. The van der Waals surface area contributed by atoms with E-state index in [1.54, 1.807) is 6.92 Å². The summed E-state index contributed by atoms with van der Waals surface area (Å²) < 4.78 is 40.3. The Kier molecular flexibility index (Phi) is 3.19. The van der Waals surface area contributed by atoms with Crippen LogP contribution < -0.4 is 5.32 Å². The fourth-order valence-corrected chi connectivity index (χ4v) is 3.23. The molecule has 1 aromatic carbocycles. The number of carbonyl (C=O) groups is 2. The van der Waals surface area contributed by atoms with E-state index in [0.717, 1.165) is 6.07 Å². The topological polar surface area (TPSA) is 66.4 Å². The van der Waals surface area contributed by atoms with Crippen LogP contribution in [-0.4, -0.2) is 17.0 Å². The summed E-state index contributed by atoms with van der Waals surface area (Å²) in [5.74, 6) is -6.22. The lowest BCUT2D eigenvalue weighted by molar-refractivity contribution is -0.150. The number of aliphatic carboxylic acids is 1. The Bertz CT molecular complexity index is 691. The van der Waals surface area contributed by atoms with Crippen molar-refractivity contribution in [3.8, 4) is 0 Å². The summed E-state index contributed by atoms with van der Waals surface area (Å²) in [4.78, 5) is 23.5. The van der Waals surface area contributed by atoms with Crippen LogP contribution >= 0.6 is 0 Å². The first-order valence-electron chi connectivity index (χ1n) is 6.99. The molecule has 1 unspecified atom stereocenters. The van der Waals surface area contributed by atoms with Gasteiger partial charge in [0, 0.05) is 0 Å². The number of halogens is 3. The van der Waals surface area contributed by atoms with Crippen LogP contribution in [0.2, 0.25) is 0 Å². The van der Waals surface area contributed by atoms with E-state index in [-0.39, 0.29) is 36.3 Å². The number of carbonyl (C=O) groups excluding carboxylic acids is 1. The molecule has 2 aliphatic carbocycles. The maximum atomic E-state index is 13.7. The van der Waals surface area contributed by atoms with E-state index in [4.69, 9.17) is 0 Å². The fraction of sp³-hybridized carbons (Fsp3) is 0.467. The summed E-state index contributed by atoms with van der Waals surface area (Å²) >= 11 is 0. The molecule has 0 bridgehead atoms. The lowest BCUT2D eigenvalue weighted by Crippen LogP contribution is -2.39. The first-order valence-corrected chi connectivity index (χ1v) is 6.99. The molecule has 0 spiro atoms. The Morgan fingerprint density at radius 1 is 1.32 bits per heavy atom. The highest BCUT2D eigenvalue weighted by Gasteiger charge is 2.64. The molecule has 1 aromatic rings. The Labute approximate surface area is 124 Å². The second-order valence-corrected chi connectivity index (χ2v) is 6.00. The number of hydrogen-bond acceptors (Lipinski definition) is 2. The summed E-state index contributed by atoms with van der Waals surface area (Å²) in [7, 11) is 0. The highest BCUT2D eigenvalue weighted by atomic mass is 19.2. The number of amides is 1. The fourth-order valence-electron chi connectivity index (χ4n) is 3.23. The van der Waals surface area contributed by atoms with Gasteiger partial charge in [-0.2, -0.15) is 0 Å². The SMILES string of the molecule is C[C@@H]1C[C@@]1(C(=O)O)C(=O)NC1CCc2c1cc(F)c(F)c2F. The molecule has 0 radical (unpaired) electrons. The summed E-state index contributed by atoms with van der Waals surface area (Å²) in [6.07, 6.45) is 0.684. The third-order valence-corrected chi connectivity index (χ3v) is 4.76. The van der Waals surface area contributed by atoms with E-state index in [9.17, 15) is 27.9 Å². The monoisotopic (exact) mass is 313 g/mol. The maximum absolute atomic E-state index is 13.7. The number of carboxylic acids is 1. The van der Waals surface area contributed by atoms with Gasteiger partial charge in [-0.15, -0.1) is 0 Å². The van der Waals surface area contributed by atoms with E-state index >= 15 is 0 Å². The second-order valence-electron chi connectivity index (χ2n) is 6.00. The molecule has 118 valence electrons. The molecule has 0 aliphatic heterocycles. The van der Waals surface area contributed by atoms with Gasteiger partial charge in [0.25, 0.3) is 0 Å². The Hall–Kier alpha value is -2.05. The van der Waals surface area contributed by atoms with Gasteiger partial charge >= 0.3 is 5.97 Å². The highest BCUT2D eigenvalue weighted by Crippen LogP contribution is 2.53. The average Bonchev–Trinajstić information content (AvgIpc) is 3.01. The number of nitrogens with one attached hydrogen (secondary N) is 1. The van der Waals surface area contributed by atoms with Gasteiger partial charge in [-0.05, 0) is 42.4 Å². The van der Waals surface area contributed by atoms with Gasteiger partial charge < -0.3 is 10.4 Å². The van der Waals surface area contributed by atoms with Gasteiger partial charge in [0.15, 0.2) is 17.5 Å². The van der Waals surface area contributed by atoms with Crippen molar-refractivity contribution in [3.63, 3.8) is 0 Å². The molecule has 4 nitrogen and oxygen atoms in total. The van der Waals surface area contributed by atoms with Crippen molar-refractivity contribution in [3.05, 3.63) is 34.6 Å². The Balaban J connectivity index is 1.86. The molecule has 0 aromatic heterocycles. The second kappa shape index (κ2) is 4.72. The molecule has 22 heavy (non-hydrogen) atoms. The average molecular weight is 313 g/mol. The van der Waals surface area contributed by atoms with Crippen molar-refractivity contribution in [2.24, 2.45) is 11.3 Å². The minimum absolute atomic E-state index is 0.0393. The van der Waals surface area contributed by atoms with Crippen molar-refractivity contribution in [1.82, 2.24) is 5.32 Å². The summed E-state index contributed by atoms with van der Waals surface area (Å²) in [6, 6.07) is 0.172. The van der Waals surface area contributed by atoms with Crippen LogP contribution in [-0.2, 0) is 16.0 Å². The van der Waals surface area contributed by atoms with Crippen LogP contribution in [0.4, 0.5) is 13.2 Å². The maximum Gasteiger partial charge on any atom is 0.319 e. The van der Waals surface area contributed by atoms with Crippen molar-refractivity contribution in [2.45, 2.75) is 32.2 Å². The predicted octanol–water partition coefficient (Wildman–Crippen LogP) is 2.32. The summed E-state index contributed by atoms with van der Waals surface area (Å²) in [6.45, 7) is 1.66. The zero-order chi connectivity index (χ0) is 16.2. The van der Waals surface area contributed by atoms with Gasteiger partial charge in [-0.25, -0.2) is 13.2 Å². The van der Waals surface area contributed by atoms with Gasteiger partial charge in [0.2, 0.25) is 5.91 Å². The number of rotatable bonds is 3. The Morgan fingerprint density at radius 3 is 2.50 bits per heavy atom. The molecule has 3 rings (SSSR count). The molecule has 0 saturated heterocycles. The molecule has 3 atom stereocenters. The van der Waals surface area contributed by atoms with Crippen molar-refractivity contribution in [1.29, 1.82) is 0 Å². The van der Waals surface area contributed by atoms with Crippen LogP contribution in [0.25, 0.3) is 0 Å². The lowest BCUT2D eigenvalue weighted by Gasteiger charge is -2.18. The van der Waals surface area contributed by atoms with Gasteiger partial charge in [0.1, 0.15) is 5.41 Å². The first kappa shape index (κ1) is 14.9. The standard InChI is InChI=1S/C15H14F3NO3/c1-6-5-15(6,14(21)22)13(20)19-10-3-2-7-8(10)4-9(16)12(18)11(7)17/h4,6,10H,2-3,5H2,1H3,(H,19,20)(H,21,22)/t6-,10?,15+/m1/s1. The number of hydrogen-bond donors (Lipinski definition) is 2. The van der Waals surface area contributed by atoms with Gasteiger partial charge in [0.05, 0.1) is 6.04 Å². The van der Waals surface area contributed by atoms with E-state index in [0.29, 0.717) is 0 Å². The van der Waals surface area contributed by atoms with E-state index in [2.05, 4.69) is 5.32 Å². The number of fused-ring (bicyclic) bond motifs is 1. The van der Waals surface area contributed by atoms with Crippen LogP contribution in [0, 0.1) is 28.8 Å². The minimum atomic E-state index is -1.52. The van der Waals surface area contributed by atoms with E-state index in [1.165, 1.54) is 0 Å². The summed E-state index contributed by atoms with van der Waals surface area (Å²) in [5, 5.41) is 11.8. The van der Waals surface area contributed by atoms with Gasteiger partial charge in [-0.3, -0.25) is 9.59 Å². The normalized spacial score (nSPS) is 29.1. The van der Waals surface area contributed by atoms with Crippen LogP contribution in [0.15, 0.2) is 6.07 Å². The number of benzene rings is 1. The zero-order valence-corrected chi connectivity index (χ0v) is 11.8. The molecule has 2 aliphatic rings. The molecule has 1 saturated carbocycles. The highest BCUT2D eigenvalue weighted by molar-refractivity contribution is 6.05. The minimum Gasteiger partial charge on any atom is -0.480 e. The molecule has 1 amide bonds. The quantitative estimate of drug-likeness (QED) is 0.665. The Morgan fingerprint density at radius 2 is 1.95 bits per heavy atom. The third-order valence-electron chi connectivity index (χ3n) is 4.76. The number of carboxylic acid groups (broad SMARTS) is 1. The van der Waals surface area contributed by atoms with E-state index in [1.807, 2.05) is 0 Å². The van der Waals surface area contributed by atoms with Gasteiger partial charge in [-0.1, -0.05) is 6.92 Å². The molecule has 1 fully saturated rings. The first-order chi connectivity index (χ1) is 10.3. The summed E-state index contributed by atoms with van der Waals surface area (Å²) in [5.41, 5.74) is -1.24. The van der Waals surface area contributed by atoms with Crippen molar-refractivity contribution < 1.29 is 27.9 Å². The third kappa shape index (κ3) is 1.91. The van der Waals surface area contributed by atoms with Crippen LogP contribution in [0.5, 0.6) is 0 Å². The smallest absolute Gasteiger partial charge is 0.319 e. The van der Waals surface area contributed by atoms with Crippen molar-refractivity contribution >= 4 is 11.9 Å².